The molecule has 23 heavy (non-hydrogen) atoms. The van der Waals surface area contributed by atoms with Crippen LogP contribution in [-0.4, -0.2) is 55.5 Å². The number of carbonyl (C=O) groups excluding carboxylic acids is 3. The van der Waals surface area contributed by atoms with E-state index in [1.54, 1.807) is 11.9 Å². The summed E-state index contributed by atoms with van der Waals surface area (Å²) >= 11 is 0. The molecule has 0 aromatic carbocycles. The number of nitrogens with one attached hydrogen (secondary N) is 1. The number of amides is 3. The standard InChI is InChI=1S/C16H31N3O4/c1-7-11(4)15(12(23-6)8-13(17)21)19(5)16(22)14(10(2)3)18-9-20/h9-12,14-15H,7-8H2,1-6H3,(H2,17,21)(H,18,20)/t11-,12+,14-,15-/m0/s1. The number of rotatable bonds is 11. The lowest BCUT2D eigenvalue weighted by Gasteiger charge is -2.39. The first-order chi connectivity index (χ1) is 10.7. The zero-order valence-corrected chi connectivity index (χ0v) is 15.0. The van der Waals surface area contributed by atoms with Crippen LogP contribution in [0.2, 0.25) is 0 Å². The minimum atomic E-state index is -0.616. The molecule has 3 N–H and O–H groups in total. The number of hydrogen-bond acceptors (Lipinski definition) is 4. The Morgan fingerprint density at radius 3 is 2.22 bits per heavy atom. The summed E-state index contributed by atoms with van der Waals surface area (Å²) in [5, 5.41) is 2.57. The molecule has 0 fully saturated rings. The summed E-state index contributed by atoms with van der Waals surface area (Å²) in [7, 11) is 3.18. The van der Waals surface area contributed by atoms with Gasteiger partial charge in [-0.1, -0.05) is 34.1 Å². The first-order valence-electron chi connectivity index (χ1n) is 7.98. The van der Waals surface area contributed by atoms with Crippen molar-refractivity contribution in [1.82, 2.24) is 10.2 Å². The number of ether oxygens (including phenoxy) is 1. The molecule has 7 heteroatoms. The highest BCUT2D eigenvalue weighted by atomic mass is 16.5. The molecule has 0 aromatic heterocycles. The monoisotopic (exact) mass is 329 g/mol. The first kappa shape index (κ1) is 21.4. The van der Waals surface area contributed by atoms with E-state index >= 15 is 0 Å². The zero-order valence-electron chi connectivity index (χ0n) is 15.0. The third-order valence-corrected chi connectivity index (χ3v) is 4.29. The molecule has 0 spiro atoms. The number of carbonyl (C=O) groups is 3. The SMILES string of the molecule is CC[C@H](C)[C@@H]([C@@H](CC(N)=O)OC)N(C)C(=O)[C@@H](NC=O)C(C)C. The molecule has 0 aliphatic heterocycles. The van der Waals surface area contributed by atoms with Crippen molar-refractivity contribution in [3.05, 3.63) is 0 Å². The third kappa shape index (κ3) is 6.17. The number of methoxy groups -OCH3 is 1. The molecule has 0 unspecified atom stereocenters. The van der Waals surface area contributed by atoms with Crippen molar-refractivity contribution in [1.29, 1.82) is 0 Å². The molecule has 0 radical (unpaired) electrons. The van der Waals surface area contributed by atoms with Crippen molar-refractivity contribution in [2.75, 3.05) is 14.2 Å². The van der Waals surface area contributed by atoms with Crippen LogP contribution >= 0.6 is 0 Å². The first-order valence-corrected chi connectivity index (χ1v) is 7.98. The summed E-state index contributed by atoms with van der Waals surface area (Å²) in [6, 6.07) is -0.921. The molecule has 4 atom stereocenters. The second kappa shape index (κ2) is 10.2. The number of hydrogen-bond donors (Lipinski definition) is 2. The maximum absolute atomic E-state index is 12.8. The van der Waals surface area contributed by atoms with Gasteiger partial charge in [-0.25, -0.2) is 0 Å². The molecule has 0 bridgehead atoms. The molecule has 0 rings (SSSR count). The highest BCUT2D eigenvalue weighted by molar-refractivity contribution is 5.84. The maximum atomic E-state index is 12.8. The summed E-state index contributed by atoms with van der Waals surface area (Å²) in [6.45, 7) is 7.74. The van der Waals surface area contributed by atoms with E-state index in [4.69, 9.17) is 10.5 Å². The van der Waals surface area contributed by atoms with Crippen molar-refractivity contribution >= 4 is 18.2 Å². The molecule has 0 aromatic rings. The Bertz CT molecular complexity index is 401. The van der Waals surface area contributed by atoms with Crippen LogP contribution in [0.15, 0.2) is 0 Å². The summed E-state index contributed by atoms with van der Waals surface area (Å²) in [5.41, 5.74) is 5.30. The van der Waals surface area contributed by atoms with E-state index in [0.717, 1.165) is 6.42 Å². The van der Waals surface area contributed by atoms with E-state index in [0.29, 0.717) is 6.41 Å². The van der Waals surface area contributed by atoms with Gasteiger partial charge in [0.05, 0.1) is 18.6 Å². The lowest BCUT2D eigenvalue weighted by molar-refractivity contribution is -0.142. The van der Waals surface area contributed by atoms with E-state index in [-0.39, 0.29) is 30.2 Å². The highest BCUT2D eigenvalue weighted by Gasteiger charge is 2.36. The van der Waals surface area contributed by atoms with Crippen LogP contribution in [0.3, 0.4) is 0 Å². The van der Waals surface area contributed by atoms with Gasteiger partial charge in [0.15, 0.2) is 0 Å². The van der Waals surface area contributed by atoms with E-state index in [2.05, 4.69) is 5.32 Å². The fraction of sp³-hybridized carbons (Fsp3) is 0.812. The van der Waals surface area contributed by atoms with Gasteiger partial charge in [-0.3, -0.25) is 14.4 Å². The van der Waals surface area contributed by atoms with Gasteiger partial charge in [-0.05, 0) is 11.8 Å². The van der Waals surface area contributed by atoms with Crippen molar-refractivity contribution in [3.8, 4) is 0 Å². The summed E-state index contributed by atoms with van der Waals surface area (Å²) in [4.78, 5) is 36.4. The van der Waals surface area contributed by atoms with E-state index in [1.165, 1.54) is 7.11 Å². The van der Waals surface area contributed by atoms with Crippen LogP contribution in [0.1, 0.15) is 40.5 Å². The number of primary amides is 1. The Kier molecular flexibility index (Phi) is 9.48. The summed E-state index contributed by atoms with van der Waals surface area (Å²) < 4.78 is 5.43. The van der Waals surface area contributed by atoms with Gasteiger partial charge in [0.25, 0.3) is 0 Å². The average Bonchev–Trinajstić information content (AvgIpc) is 2.49. The second-order valence-corrected chi connectivity index (χ2v) is 6.28. The third-order valence-electron chi connectivity index (χ3n) is 4.29. The predicted octanol–water partition coefficient (Wildman–Crippen LogP) is 0.521. The van der Waals surface area contributed by atoms with Crippen molar-refractivity contribution < 1.29 is 19.1 Å². The van der Waals surface area contributed by atoms with Crippen LogP contribution in [0, 0.1) is 11.8 Å². The molecule has 0 heterocycles. The van der Waals surface area contributed by atoms with Gasteiger partial charge in [0, 0.05) is 14.2 Å². The highest BCUT2D eigenvalue weighted by Crippen LogP contribution is 2.22. The predicted molar refractivity (Wildman–Crippen MR) is 88.4 cm³/mol. The molecule has 7 nitrogen and oxygen atoms in total. The lowest BCUT2D eigenvalue weighted by atomic mass is 9.90. The number of nitrogens with zero attached hydrogens (tertiary/aromatic N) is 1. The Hall–Kier alpha value is -1.63. The molecule has 0 aliphatic carbocycles. The van der Waals surface area contributed by atoms with Crippen molar-refractivity contribution in [2.45, 2.75) is 58.7 Å². The Morgan fingerprint density at radius 1 is 1.30 bits per heavy atom. The fourth-order valence-corrected chi connectivity index (χ4v) is 2.77. The van der Waals surface area contributed by atoms with Crippen LogP contribution in [0.4, 0.5) is 0 Å². The van der Waals surface area contributed by atoms with E-state index in [1.807, 2.05) is 27.7 Å². The van der Waals surface area contributed by atoms with Crippen molar-refractivity contribution in [3.63, 3.8) is 0 Å². The van der Waals surface area contributed by atoms with Gasteiger partial charge >= 0.3 is 0 Å². The van der Waals surface area contributed by atoms with Gasteiger partial charge in [0.2, 0.25) is 18.2 Å². The lowest BCUT2D eigenvalue weighted by Crippen LogP contribution is -2.56. The Morgan fingerprint density at radius 2 is 1.87 bits per heavy atom. The largest absolute Gasteiger partial charge is 0.379 e. The molecule has 3 amide bonds. The van der Waals surface area contributed by atoms with Gasteiger partial charge < -0.3 is 20.7 Å². The number of nitrogens with two attached hydrogens (primary N) is 1. The van der Waals surface area contributed by atoms with Gasteiger partial charge in [-0.2, -0.15) is 0 Å². The molecular formula is C16H31N3O4. The Balaban J connectivity index is 5.48. The smallest absolute Gasteiger partial charge is 0.245 e. The fourth-order valence-electron chi connectivity index (χ4n) is 2.77. The minimum Gasteiger partial charge on any atom is -0.379 e. The van der Waals surface area contributed by atoms with Crippen LogP contribution in [0.25, 0.3) is 0 Å². The quantitative estimate of drug-likeness (QED) is 0.540. The molecule has 134 valence electrons. The molecule has 0 saturated carbocycles. The van der Waals surface area contributed by atoms with E-state index < -0.39 is 18.1 Å². The molecular weight excluding hydrogens is 298 g/mol. The van der Waals surface area contributed by atoms with E-state index in [9.17, 15) is 14.4 Å². The second-order valence-electron chi connectivity index (χ2n) is 6.28. The van der Waals surface area contributed by atoms with Gasteiger partial charge in [-0.15, -0.1) is 0 Å². The normalized spacial score (nSPS) is 16.3. The topological polar surface area (TPSA) is 102 Å². The van der Waals surface area contributed by atoms with Crippen LogP contribution < -0.4 is 11.1 Å². The summed E-state index contributed by atoms with van der Waals surface area (Å²) in [5.74, 6) is -0.622. The van der Waals surface area contributed by atoms with Crippen LogP contribution in [-0.2, 0) is 19.1 Å². The van der Waals surface area contributed by atoms with Crippen LogP contribution in [0.5, 0.6) is 0 Å². The molecule has 0 aliphatic rings. The maximum Gasteiger partial charge on any atom is 0.245 e. The van der Waals surface area contributed by atoms with Crippen molar-refractivity contribution in [2.24, 2.45) is 17.6 Å². The Labute approximate surface area is 138 Å². The minimum absolute atomic E-state index is 0.0383. The number of likely N-dealkylation sites (N-methyl/N-ethyl adjacent to an activating group) is 1. The zero-order chi connectivity index (χ0) is 18.2. The molecule has 0 saturated heterocycles. The average molecular weight is 329 g/mol. The summed E-state index contributed by atoms with van der Waals surface area (Å²) in [6.07, 6.45) is 0.900. The van der Waals surface area contributed by atoms with Gasteiger partial charge in [0.1, 0.15) is 6.04 Å².